The third-order valence-corrected chi connectivity index (χ3v) is 3.89. The largest absolute Gasteiger partial charge is 0.337 e. The topological polar surface area (TPSA) is 88.3 Å². The first-order chi connectivity index (χ1) is 11.3. The number of amides is 3. The smallest absolute Gasteiger partial charge is 0.325 e. The molecule has 2 aromatic rings. The Kier molecular flexibility index (Phi) is 3.78. The van der Waals surface area contributed by atoms with Gasteiger partial charge in [-0.3, -0.25) is 9.69 Å². The van der Waals surface area contributed by atoms with Crippen molar-refractivity contribution in [3.63, 3.8) is 0 Å². The lowest BCUT2D eigenvalue weighted by atomic mass is 9.92. The Morgan fingerprint density at radius 1 is 1.29 bits per heavy atom. The van der Waals surface area contributed by atoms with Crippen LogP contribution in [0.2, 0.25) is 0 Å². The zero-order valence-electron chi connectivity index (χ0n) is 13.0. The number of benzene rings is 1. The molecule has 1 aliphatic heterocycles. The number of imide groups is 1. The molecule has 3 rings (SSSR count). The van der Waals surface area contributed by atoms with Crippen LogP contribution in [0.15, 0.2) is 22.7 Å². The van der Waals surface area contributed by atoms with Gasteiger partial charge in [-0.2, -0.15) is 4.98 Å². The Hall–Kier alpha value is -2.84. The van der Waals surface area contributed by atoms with Crippen LogP contribution in [0.3, 0.4) is 0 Å². The van der Waals surface area contributed by atoms with Gasteiger partial charge in [0.1, 0.15) is 12.1 Å². The van der Waals surface area contributed by atoms with Gasteiger partial charge in [-0.25, -0.2) is 13.6 Å². The Morgan fingerprint density at radius 3 is 2.67 bits per heavy atom. The lowest BCUT2D eigenvalue weighted by molar-refractivity contribution is -0.131. The van der Waals surface area contributed by atoms with E-state index in [1.807, 2.05) is 6.92 Å². The highest BCUT2D eigenvalue weighted by molar-refractivity contribution is 6.07. The van der Waals surface area contributed by atoms with Crippen molar-refractivity contribution in [2.75, 3.05) is 0 Å². The van der Waals surface area contributed by atoms with Crippen molar-refractivity contribution in [2.24, 2.45) is 0 Å². The van der Waals surface area contributed by atoms with E-state index >= 15 is 0 Å². The SMILES string of the molecule is CCc1noc(CN2C(=O)N[C@](C)(c3ccc(F)c(F)c3)C2=O)n1. The summed E-state index contributed by atoms with van der Waals surface area (Å²) in [5.41, 5.74) is -1.36. The first-order valence-electron chi connectivity index (χ1n) is 7.26. The fourth-order valence-electron chi connectivity index (χ4n) is 2.48. The molecule has 24 heavy (non-hydrogen) atoms. The summed E-state index contributed by atoms with van der Waals surface area (Å²) in [5.74, 6) is -2.17. The minimum absolute atomic E-state index is 0.116. The van der Waals surface area contributed by atoms with Crippen LogP contribution in [-0.2, 0) is 23.3 Å². The molecule has 1 aromatic carbocycles. The van der Waals surface area contributed by atoms with Crippen molar-refractivity contribution in [1.82, 2.24) is 20.4 Å². The van der Waals surface area contributed by atoms with Gasteiger partial charge in [0.05, 0.1) is 0 Å². The highest BCUT2D eigenvalue weighted by Gasteiger charge is 2.49. The Balaban J connectivity index is 1.88. The third-order valence-electron chi connectivity index (χ3n) is 3.89. The lowest BCUT2D eigenvalue weighted by Gasteiger charge is -2.22. The van der Waals surface area contributed by atoms with E-state index < -0.39 is 29.1 Å². The molecule has 9 heteroatoms. The summed E-state index contributed by atoms with van der Waals surface area (Å²) in [6.45, 7) is 3.06. The van der Waals surface area contributed by atoms with E-state index in [1.165, 1.54) is 13.0 Å². The second kappa shape index (κ2) is 5.66. The zero-order chi connectivity index (χ0) is 17.5. The summed E-state index contributed by atoms with van der Waals surface area (Å²) >= 11 is 0. The second-order valence-electron chi connectivity index (χ2n) is 5.53. The number of hydrogen-bond acceptors (Lipinski definition) is 5. The van der Waals surface area contributed by atoms with Gasteiger partial charge in [0.2, 0.25) is 5.89 Å². The number of aromatic nitrogens is 2. The maximum atomic E-state index is 13.5. The fraction of sp³-hybridized carbons (Fsp3) is 0.333. The molecule has 126 valence electrons. The van der Waals surface area contributed by atoms with Gasteiger partial charge in [-0.15, -0.1) is 0 Å². The molecular weight excluding hydrogens is 322 g/mol. The monoisotopic (exact) mass is 336 g/mol. The van der Waals surface area contributed by atoms with Crippen LogP contribution in [0.25, 0.3) is 0 Å². The van der Waals surface area contributed by atoms with Gasteiger partial charge in [0.25, 0.3) is 5.91 Å². The highest BCUT2D eigenvalue weighted by Crippen LogP contribution is 2.30. The second-order valence-corrected chi connectivity index (χ2v) is 5.53. The molecular formula is C15H14F2N4O3. The number of aryl methyl sites for hydroxylation is 1. The normalized spacial score (nSPS) is 20.6. The number of nitrogens with one attached hydrogen (secondary N) is 1. The summed E-state index contributed by atoms with van der Waals surface area (Å²) < 4.78 is 31.5. The molecule has 0 radical (unpaired) electrons. The number of carbonyl (C=O) groups excluding carboxylic acids is 2. The van der Waals surface area contributed by atoms with Crippen LogP contribution in [-0.4, -0.2) is 27.0 Å². The van der Waals surface area contributed by atoms with E-state index in [2.05, 4.69) is 15.5 Å². The van der Waals surface area contributed by atoms with Crippen molar-refractivity contribution in [2.45, 2.75) is 32.4 Å². The molecule has 1 fully saturated rings. The number of rotatable bonds is 4. The Morgan fingerprint density at radius 2 is 2.04 bits per heavy atom. The number of hydrogen-bond donors (Lipinski definition) is 1. The van der Waals surface area contributed by atoms with Crippen LogP contribution < -0.4 is 5.32 Å². The van der Waals surface area contributed by atoms with Crippen molar-refractivity contribution >= 4 is 11.9 Å². The molecule has 1 N–H and O–H groups in total. The van der Waals surface area contributed by atoms with E-state index in [0.717, 1.165) is 17.0 Å². The quantitative estimate of drug-likeness (QED) is 0.861. The first-order valence-corrected chi connectivity index (χ1v) is 7.26. The van der Waals surface area contributed by atoms with Crippen LogP contribution in [0.5, 0.6) is 0 Å². The van der Waals surface area contributed by atoms with Crippen LogP contribution in [0, 0.1) is 11.6 Å². The average Bonchev–Trinajstić information content (AvgIpc) is 3.09. The first kappa shape index (κ1) is 16.0. The summed E-state index contributed by atoms with van der Waals surface area (Å²) in [6, 6.07) is 2.37. The van der Waals surface area contributed by atoms with E-state index in [1.54, 1.807) is 0 Å². The third kappa shape index (κ3) is 2.51. The van der Waals surface area contributed by atoms with Crippen molar-refractivity contribution in [3.8, 4) is 0 Å². The van der Waals surface area contributed by atoms with E-state index in [4.69, 9.17) is 4.52 Å². The van der Waals surface area contributed by atoms with Crippen LogP contribution >= 0.6 is 0 Å². The maximum Gasteiger partial charge on any atom is 0.325 e. The van der Waals surface area contributed by atoms with Crippen LogP contribution in [0.1, 0.15) is 31.1 Å². The molecule has 1 atom stereocenters. The van der Waals surface area contributed by atoms with Crippen LogP contribution in [0.4, 0.5) is 13.6 Å². The molecule has 0 spiro atoms. The fourth-order valence-corrected chi connectivity index (χ4v) is 2.48. The van der Waals surface area contributed by atoms with Gasteiger partial charge in [0, 0.05) is 6.42 Å². The highest BCUT2D eigenvalue weighted by atomic mass is 19.2. The lowest BCUT2D eigenvalue weighted by Crippen LogP contribution is -2.41. The summed E-state index contributed by atoms with van der Waals surface area (Å²) in [7, 11) is 0. The average molecular weight is 336 g/mol. The van der Waals surface area contributed by atoms with Gasteiger partial charge < -0.3 is 9.84 Å². The number of halogens is 2. The van der Waals surface area contributed by atoms with E-state index in [0.29, 0.717) is 12.2 Å². The number of urea groups is 1. The zero-order valence-corrected chi connectivity index (χ0v) is 13.0. The minimum atomic E-state index is -1.50. The molecule has 1 aromatic heterocycles. The number of carbonyl (C=O) groups is 2. The summed E-state index contributed by atoms with van der Waals surface area (Å²) in [6.07, 6.45) is 0.552. The molecule has 0 bridgehead atoms. The Bertz CT molecular complexity index is 823. The van der Waals surface area contributed by atoms with Gasteiger partial charge in [0.15, 0.2) is 17.5 Å². The van der Waals surface area contributed by atoms with Gasteiger partial charge >= 0.3 is 6.03 Å². The maximum absolute atomic E-state index is 13.5. The molecule has 0 saturated carbocycles. The van der Waals surface area contributed by atoms with Gasteiger partial charge in [-0.05, 0) is 24.6 Å². The summed E-state index contributed by atoms with van der Waals surface area (Å²) in [5, 5.41) is 6.19. The number of nitrogens with zero attached hydrogens (tertiary/aromatic N) is 3. The molecule has 1 saturated heterocycles. The summed E-state index contributed by atoms with van der Waals surface area (Å²) in [4.78, 5) is 29.7. The van der Waals surface area contributed by atoms with Crippen molar-refractivity contribution in [1.29, 1.82) is 0 Å². The molecule has 2 heterocycles. The molecule has 3 amide bonds. The Labute approximate surface area is 135 Å². The minimum Gasteiger partial charge on any atom is -0.337 e. The predicted octanol–water partition coefficient (Wildman–Crippen LogP) is 1.88. The molecule has 0 aliphatic carbocycles. The predicted molar refractivity (Wildman–Crippen MR) is 76.5 cm³/mol. The molecule has 7 nitrogen and oxygen atoms in total. The van der Waals surface area contributed by atoms with E-state index in [9.17, 15) is 18.4 Å². The van der Waals surface area contributed by atoms with Crippen molar-refractivity contribution < 1.29 is 22.9 Å². The van der Waals surface area contributed by atoms with E-state index in [-0.39, 0.29) is 18.0 Å². The molecule has 0 unspecified atom stereocenters. The van der Waals surface area contributed by atoms with Gasteiger partial charge in [-0.1, -0.05) is 18.1 Å². The van der Waals surface area contributed by atoms with Crippen molar-refractivity contribution in [3.05, 3.63) is 47.1 Å². The standard InChI is InChI=1S/C15H14F2N4O3/c1-3-11-18-12(24-20-11)7-21-13(22)15(2,19-14(21)23)8-4-5-9(16)10(17)6-8/h4-6H,3,7H2,1-2H3,(H,19,23)/t15-/m1/s1. The molecule has 1 aliphatic rings.